The lowest BCUT2D eigenvalue weighted by molar-refractivity contribution is -0.142. The van der Waals surface area contributed by atoms with Crippen LogP contribution in [0.4, 0.5) is 0 Å². The first kappa shape index (κ1) is 22.6. The van der Waals surface area contributed by atoms with Gasteiger partial charge in [0.25, 0.3) is 0 Å². The quantitative estimate of drug-likeness (QED) is 0.464. The fourth-order valence-electron chi connectivity index (χ4n) is 9.09. The van der Waals surface area contributed by atoms with Crippen molar-refractivity contribution in [3.8, 4) is 0 Å². The van der Waals surface area contributed by atoms with E-state index in [-0.39, 0.29) is 11.5 Å². The number of aliphatic hydroxyl groups is 1. The summed E-state index contributed by atoms with van der Waals surface area (Å²) in [5, 5.41) is 10.8. The highest BCUT2D eigenvalue weighted by Gasteiger charge is 2.63. The smallest absolute Gasteiger partial charge is 0.0594 e. The van der Waals surface area contributed by atoms with E-state index < -0.39 is 0 Å². The summed E-state index contributed by atoms with van der Waals surface area (Å²) >= 11 is 0. The van der Waals surface area contributed by atoms with Crippen LogP contribution in [0, 0.1) is 39.4 Å². The zero-order valence-electron chi connectivity index (χ0n) is 21.0. The second-order valence-electron chi connectivity index (χ2n) is 13.1. The molecule has 0 aromatic carbocycles. The summed E-state index contributed by atoms with van der Waals surface area (Å²) in [4.78, 5) is 0. The third kappa shape index (κ3) is 3.12. The van der Waals surface area contributed by atoms with Crippen molar-refractivity contribution in [1.29, 1.82) is 0 Å². The number of fused-ring (bicyclic) bond motifs is 5. The van der Waals surface area contributed by atoms with Crippen molar-refractivity contribution in [1.82, 2.24) is 0 Å². The van der Waals surface area contributed by atoms with Crippen molar-refractivity contribution < 1.29 is 5.11 Å². The maximum absolute atomic E-state index is 10.8. The zero-order chi connectivity index (χ0) is 21.9. The van der Waals surface area contributed by atoms with Gasteiger partial charge in [-0.05, 0) is 111 Å². The standard InChI is InChI=1S/C29H48O/c1-20(2)10-8-11-21-12-9-17-29(7)23-13-14-24-26(3,4)25(30)16-18-27(24,5)22(23)15-19-28(21,29)6/h10,13,21-22,24-25,30H,8-9,11-12,14-19H2,1-7H3/t21-,22-,24-,25-,27+,28-,29+/m0/s1. The first-order valence-electron chi connectivity index (χ1n) is 13.0. The minimum atomic E-state index is -0.135. The van der Waals surface area contributed by atoms with Gasteiger partial charge in [-0.3, -0.25) is 0 Å². The molecule has 3 fully saturated rings. The van der Waals surface area contributed by atoms with Crippen LogP contribution in [-0.2, 0) is 0 Å². The molecule has 0 saturated heterocycles. The van der Waals surface area contributed by atoms with Crippen LogP contribution in [0.15, 0.2) is 23.3 Å². The summed E-state index contributed by atoms with van der Waals surface area (Å²) in [5.74, 6) is 2.22. The van der Waals surface area contributed by atoms with E-state index in [9.17, 15) is 5.11 Å². The van der Waals surface area contributed by atoms with Gasteiger partial charge in [0.2, 0.25) is 0 Å². The summed E-state index contributed by atoms with van der Waals surface area (Å²) in [5.41, 5.74) is 4.54. The fraction of sp³-hybridized carbons (Fsp3) is 0.862. The molecule has 0 aromatic rings. The van der Waals surface area contributed by atoms with Crippen molar-refractivity contribution >= 4 is 0 Å². The summed E-state index contributed by atoms with van der Waals surface area (Å²) in [7, 11) is 0. The first-order valence-corrected chi connectivity index (χ1v) is 13.0. The van der Waals surface area contributed by atoms with E-state index in [1.807, 2.05) is 5.57 Å². The zero-order valence-corrected chi connectivity index (χ0v) is 21.0. The van der Waals surface area contributed by atoms with Gasteiger partial charge in [0, 0.05) is 0 Å². The van der Waals surface area contributed by atoms with Crippen LogP contribution in [0.25, 0.3) is 0 Å². The molecule has 1 N–H and O–H groups in total. The van der Waals surface area contributed by atoms with Crippen molar-refractivity contribution in [2.45, 2.75) is 119 Å². The maximum atomic E-state index is 10.8. The molecule has 0 aliphatic heterocycles. The average Bonchev–Trinajstić information content (AvgIpc) is 2.66. The Bertz CT molecular complexity index is 725. The van der Waals surface area contributed by atoms with Crippen LogP contribution in [0.3, 0.4) is 0 Å². The predicted molar refractivity (Wildman–Crippen MR) is 128 cm³/mol. The lowest BCUT2D eigenvalue weighted by Gasteiger charge is -2.67. The largest absolute Gasteiger partial charge is 0.393 e. The Balaban J connectivity index is 1.67. The van der Waals surface area contributed by atoms with Gasteiger partial charge < -0.3 is 5.11 Å². The van der Waals surface area contributed by atoms with E-state index in [0.717, 1.165) is 18.3 Å². The van der Waals surface area contributed by atoms with Gasteiger partial charge in [-0.1, -0.05) is 64.3 Å². The molecule has 4 rings (SSSR count). The van der Waals surface area contributed by atoms with E-state index in [1.165, 1.54) is 63.4 Å². The van der Waals surface area contributed by atoms with Crippen LogP contribution in [0.1, 0.15) is 113 Å². The summed E-state index contributed by atoms with van der Waals surface area (Å²) in [6, 6.07) is 0. The van der Waals surface area contributed by atoms with Gasteiger partial charge in [0.15, 0.2) is 0 Å². The van der Waals surface area contributed by atoms with Crippen molar-refractivity contribution in [3.63, 3.8) is 0 Å². The van der Waals surface area contributed by atoms with Crippen LogP contribution >= 0.6 is 0 Å². The topological polar surface area (TPSA) is 20.2 Å². The van der Waals surface area contributed by atoms with Crippen molar-refractivity contribution in [2.24, 2.45) is 39.4 Å². The molecule has 1 heteroatoms. The third-order valence-corrected chi connectivity index (χ3v) is 11.3. The molecule has 0 unspecified atom stereocenters. The Morgan fingerprint density at radius 2 is 1.77 bits per heavy atom. The van der Waals surface area contributed by atoms with Crippen LogP contribution in [-0.4, -0.2) is 11.2 Å². The van der Waals surface area contributed by atoms with Gasteiger partial charge in [-0.2, -0.15) is 0 Å². The number of rotatable bonds is 3. The van der Waals surface area contributed by atoms with Gasteiger partial charge in [0.1, 0.15) is 0 Å². The van der Waals surface area contributed by atoms with Crippen LogP contribution < -0.4 is 0 Å². The molecule has 4 aliphatic rings. The highest BCUT2D eigenvalue weighted by atomic mass is 16.3. The molecule has 0 bridgehead atoms. The maximum Gasteiger partial charge on any atom is 0.0594 e. The molecule has 0 amide bonds. The van der Waals surface area contributed by atoms with E-state index >= 15 is 0 Å². The van der Waals surface area contributed by atoms with Crippen LogP contribution in [0.5, 0.6) is 0 Å². The number of hydrogen-bond acceptors (Lipinski definition) is 1. The number of aliphatic hydroxyl groups excluding tert-OH is 1. The van der Waals surface area contributed by atoms with E-state index in [4.69, 9.17) is 0 Å². The highest BCUT2D eigenvalue weighted by molar-refractivity contribution is 5.32. The predicted octanol–water partition coefficient (Wildman–Crippen LogP) is 8.09. The summed E-state index contributed by atoms with van der Waals surface area (Å²) < 4.78 is 0. The summed E-state index contributed by atoms with van der Waals surface area (Å²) in [6.07, 6.45) is 18.0. The average molecular weight is 413 g/mol. The van der Waals surface area contributed by atoms with Gasteiger partial charge in [-0.15, -0.1) is 0 Å². The Hall–Kier alpha value is -0.560. The fourth-order valence-corrected chi connectivity index (χ4v) is 9.09. The minimum Gasteiger partial charge on any atom is -0.393 e. The lowest BCUT2D eigenvalue weighted by atomic mass is 9.38. The van der Waals surface area contributed by atoms with E-state index in [0.29, 0.717) is 22.2 Å². The van der Waals surface area contributed by atoms with E-state index in [2.05, 4.69) is 60.6 Å². The van der Waals surface area contributed by atoms with E-state index in [1.54, 1.807) is 0 Å². The van der Waals surface area contributed by atoms with Gasteiger partial charge in [-0.25, -0.2) is 0 Å². The Morgan fingerprint density at radius 1 is 1.03 bits per heavy atom. The van der Waals surface area contributed by atoms with Crippen molar-refractivity contribution in [3.05, 3.63) is 23.3 Å². The number of hydrogen-bond donors (Lipinski definition) is 1. The highest BCUT2D eigenvalue weighted by Crippen LogP contribution is 2.71. The van der Waals surface area contributed by atoms with Crippen LogP contribution in [0.2, 0.25) is 0 Å². The molecule has 0 radical (unpaired) electrons. The molecule has 0 spiro atoms. The molecule has 7 atom stereocenters. The molecular formula is C29H48O. The molecule has 170 valence electrons. The molecule has 3 saturated carbocycles. The lowest BCUT2D eigenvalue weighted by Crippen LogP contribution is -2.59. The minimum absolute atomic E-state index is 0.0378. The van der Waals surface area contributed by atoms with Crippen molar-refractivity contribution in [2.75, 3.05) is 0 Å². The molecule has 1 nitrogen and oxygen atoms in total. The van der Waals surface area contributed by atoms with Gasteiger partial charge >= 0.3 is 0 Å². The molecule has 4 aliphatic carbocycles. The third-order valence-electron chi connectivity index (χ3n) is 11.3. The Labute approximate surface area is 186 Å². The Kier molecular flexibility index (Phi) is 5.66. The molecule has 0 aromatic heterocycles. The second-order valence-corrected chi connectivity index (χ2v) is 13.1. The second kappa shape index (κ2) is 7.50. The SMILES string of the molecule is CC(C)=CCC[C@H]1CCC[C@]2(C)C3=CC[C@H]4C(C)(C)[C@@H](O)CC[C@]4(C)[C@H]3CC[C@@]12C. The van der Waals surface area contributed by atoms with Gasteiger partial charge in [0.05, 0.1) is 6.10 Å². The summed E-state index contributed by atoms with van der Waals surface area (Å²) in [6.45, 7) is 17.1. The normalized spacial score (nSPS) is 47.4. The molecule has 0 heterocycles. The Morgan fingerprint density at radius 3 is 2.47 bits per heavy atom. The molecule has 30 heavy (non-hydrogen) atoms. The number of allylic oxidation sites excluding steroid dienone is 4. The monoisotopic (exact) mass is 412 g/mol. The molecular weight excluding hydrogens is 364 g/mol. The first-order chi connectivity index (χ1) is 14.0.